The fourth-order valence-corrected chi connectivity index (χ4v) is 6.40. The molecule has 1 saturated heterocycles. The van der Waals surface area contributed by atoms with Gasteiger partial charge in [0.2, 0.25) is 0 Å². The lowest BCUT2D eigenvalue weighted by Gasteiger charge is -2.56. The van der Waals surface area contributed by atoms with E-state index in [0.717, 1.165) is 40.7 Å². The van der Waals surface area contributed by atoms with Gasteiger partial charge in [0.05, 0.1) is 5.52 Å². The van der Waals surface area contributed by atoms with Crippen LogP contribution in [0.3, 0.4) is 0 Å². The van der Waals surface area contributed by atoms with Crippen molar-refractivity contribution < 1.29 is 10.2 Å². The molecule has 0 amide bonds. The topological polar surface area (TPSA) is 68.3 Å². The van der Waals surface area contributed by atoms with Crippen LogP contribution in [-0.4, -0.2) is 21.7 Å². The molecule has 0 radical (unpaired) electrons. The summed E-state index contributed by atoms with van der Waals surface area (Å²) in [6.07, 6.45) is 7.37. The summed E-state index contributed by atoms with van der Waals surface area (Å²) in [6, 6.07) is 7.47. The molecule has 2 bridgehead atoms. The quantitative estimate of drug-likeness (QED) is 0.490. The largest absolute Gasteiger partial charge is 0.508 e. The smallest absolute Gasteiger partial charge is 0.140 e. The van der Waals surface area contributed by atoms with E-state index in [0.29, 0.717) is 11.7 Å². The molecule has 0 unspecified atom stereocenters. The van der Waals surface area contributed by atoms with E-state index in [2.05, 4.69) is 10.3 Å². The molecule has 134 valence electrons. The number of benzene rings is 2. The van der Waals surface area contributed by atoms with Crippen molar-refractivity contribution in [2.45, 2.75) is 44.1 Å². The van der Waals surface area contributed by atoms with E-state index in [1.54, 1.807) is 6.07 Å². The van der Waals surface area contributed by atoms with Crippen LogP contribution in [0, 0.1) is 11.8 Å². The molecule has 1 saturated carbocycles. The number of H-pyrrole nitrogens is 1. The number of hydrogen-bond donors (Lipinski definition) is 4. The van der Waals surface area contributed by atoms with Crippen LogP contribution in [0.2, 0.25) is 0 Å². The number of rotatable bonds is 0. The van der Waals surface area contributed by atoms with Gasteiger partial charge >= 0.3 is 0 Å². The summed E-state index contributed by atoms with van der Waals surface area (Å²) in [5.74, 6) is 2.02. The second kappa shape index (κ2) is 4.95. The highest BCUT2D eigenvalue weighted by atomic mass is 16.3. The zero-order valence-electron chi connectivity index (χ0n) is 14.8. The maximum atomic E-state index is 10.9. The maximum Gasteiger partial charge on any atom is 0.140 e. The second-order valence-electron chi connectivity index (χ2n) is 8.53. The van der Waals surface area contributed by atoms with Gasteiger partial charge in [0, 0.05) is 21.8 Å². The molecule has 0 spiro atoms. The molecule has 3 aliphatic rings. The second-order valence-corrected chi connectivity index (χ2v) is 8.53. The van der Waals surface area contributed by atoms with Crippen molar-refractivity contribution in [3.05, 3.63) is 35.4 Å². The Morgan fingerprint density at radius 1 is 1.08 bits per heavy atom. The van der Waals surface area contributed by atoms with E-state index >= 15 is 0 Å². The number of fused-ring (bicyclic) bond motifs is 5. The van der Waals surface area contributed by atoms with Gasteiger partial charge in [-0.15, -0.1) is 0 Å². The number of aromatic amines is 1. The molecule has 4 N–H and O–H groups in total. The summed E-state index contributed by atoms with van der Waals surface area (Å²) in [6.45, 7) is 1.08. The van der Waals surface area contributed by atoms with Crippen LogP contribution in [0.4, 0.5) is 0 Å². The first-order valence-electron chi connectivity index (χ1n) is 9.92. The predicted molar refractivity (Wildman–Crippen MR) is 103 cm³/mol. The highest BCUT2D eigenvalue weighted by molar-refractivity contribution is 6.12. The van der Waals surface area contributed by atoms with E-state index in [9.17, 15) is 10.2 Å². The number of aromatic nitrogens is 1. The number of aromatic hydroxyl groups is 2. The van der Waals surface area contributed by atoms with Gasteiger partial charge in [0.15, 0.2) is 0 Å². The summed E-state index contributed by atoms with van der Waals surface area (Å²) >= 11 is 0. The van der Waals surface area contributed by atoms with Crippen molar-refractivity contribution in [2.24, 2.45) is 11.8 Å². The average Bonchev–Trinajstić information content (AvgIpc) is 3.02. The van der Waals surface area contributed by atoms with E-state index in [4.69, 9.17) is 0 Å². The molecule has 1 aromatic heterocycles. The van der Waals surface area contributed by atoms with Crippen LogP contribution in [0.25, 0.3) is 21.8 Å². The Bertz CT molecular complexity index is 1050. The third-order valence-electron chi connectivity index (χ3n) is 7.39. The Hall–Kier alpha value is -2.20. The average molecular weight is 348 g/mol. The lowest BCUT2D eigenvalue weighted by Crippen LogP contribution is -2.59. The monoisotopic (exact) mass is 348 g/mol. The first kappa shape index (κ1) is 14.9. The zero-order chi connectivity index (χ0) is 17.5. The van der Waals surface area contributed by atoms with Gasteiger partial charge in [-0.2, -0.15) is 0 Å². The van der Waals surface area contributed by atoms with Gasteiger partial charge in [0.25, 0.3) is 0 Å². The summed E-state index contributed by atoms with van der Waals surface area (Å²) in [5.41, 5.74) is 4.51. The van der Waals surface area contributed by atoms with Crippen LogP contribution in [0.1, 0.15) is 43.2 Å². The molecule has 1 aliphatic heterocycles. The minimum absolute atomic E-state index is 0.0286. The number of piperidine rings is 1. The van der Waals surface area contributed by atoms with E-state index in [1.165, 1.54) is 43.2 Å². The van der Waals surface area contributed by atoms with E-state index in [1.807, 2.05) is 18.2 Å². The highest BCUT2D eigenvalue weighted by Crippen LogP contribution is 2.56. The molecular formula is C22H24N2O2. The van der Waals surface area contributed by atoms with Gasteiger partial charge in [-0.3, -0.25) is 0 Å². The van der Waals surface area contributed by atoms with Crippen molar-refractivity contribution >= 4 is 21.8 Å². The Balaban J connectivity index is 1.73. The maximum absolute atomic E-state index is 10.9. The molecule has 4 heteroatoms. The lowest BCUT2D eigenvalue weighted by molar-refractivity contribution is 0.0351. The van der Waals surface area contributed by atoms with Crippen molar-refractivity contribution in [1.82, 2.24) is 10.3 Å². The molecule has 3 aromatic rings. The van der Waals surface area contributed by atoms with E-state index < -0.39 is 0 Å². The van der Waals surface area contributed by atoms with Crippen LogP contribution < -0.4 is 5.32 Å². The van der Waals surface area contributed by atoms with Crippen molar-refractivity contribution in [3.63, 3.8) is 0 Å². The normalized spacial score (nSPS) is 30.3. The summed E-state index contributed by atoms with van der Waals surface area (Å²) in [4.78, 5) is 3.38. The standard InChI is InChI=1S/C22H24N2O2/c25-13-4-5-18-15(10-13)20-14-9-12-6-8-23-22(7-2-1-3-16(12)22)17(14)11-19(26)21(20)24-18/h4-5,10-12,16,23-26H,1-3,6-9H2/t12-,16+,22+/m1/s1. The predicted octanol–water partition coefficient (Wildman–Crippen LogP) is 4.28. The van der Waals surface area contributed by atoms with Crippen LogP contribution in [0.15, 0.2) is 24.3 Å². The van der Waals surface area contributed by atoms with Crippen LogP contribution in [0.5, 0.6) is 11.5 Å². The summed E-state index contributed by atoms with van der Waals surface area (Å²) in [7, 11) is 0. The molecule has 3 atom stereocenters. The first-order chi connectivity index (χ1) is 12.7. The number of phenols is 2. The van der Waals surface area contributed by atoms with E-state index in [-0.39, 0.29) is 11.3 Å². The highest BCUT2D eigenvalue weighted by Gasteiger charge is 2.52. The molecule has 6 rings (SSSR count). The fourth-order valence-electron chi connectivity index (χ4n) is 6.40. The Morgan fingerprint density at radius 3 is 2.92 bits per heavy atom. The third-order valence-corrected chi connectivity index (χ3v) is 7.39. The van der Waals surface area contributed by atoms with Gasteiger partial charge < -0.3 is 20.5 Å². The van der Waals surface area contributed by atoms with Crippen molar-refractivity contribution in [2.75, 3.05) is 6.54 Å². The molecule has 4 nitrogen and oxygen atoms in total. The zero-order valence-corrected chi connectivity index (χ0v) is 14.8. The van der Waals surface area contributed by atoms with Gasteiger partial charge in [-0.1, -0.05) is 12.8 Å². The van der Waals surface area contributed by atoms with Crippen molar-refractivity contribution in [3.8, 4) is 11.5 Å². The lowest BCUT2D eigenvalue weighted by atomic mass is 9.55. The Labute approximate surface area is 152 Å². The number of phenolic OH excluding ortho intramolecular Hbond substituents is 2. The summed E-state index contributed by atoms with van der Waals surface area (Å²) < 4.78 is 0. The summed E-state index contributed by atoms with van der Waals surface area (Å²) in [5, 5.41) is 26.9. The third kappa shape index (κ3) is 1.73. The molecule has 26 heavy (non-hydrogen) atoms. The van der Waals surface area contributed by atoms with Gasteiger partial charge in [-0.05, 0) is 79.5 Å². The number of hydrogen-bond acceptors (Lipinski definition) is 3. The molecule has 2 aromatic carbocycles. The SMILES string of the molecule is Oc1ccc2[nH]c3c(O)cc4c(c3c2c1)C[C@H]1CCN[C@]42CCCC[C@@H]12. The minimum atomic E-state index is 0.0286. The van der Waals surface area contributed by atoms with Gasteiger partial charge in [-0.25, -0.2) is 0 Å². The number of nitrogens with one attached hydrogen (secondary N) is 2. The minimum Gasteiger partial charge on any atom is -0.508 e. The Kier molecular flexibility index (Phi) is 2.84. The molecule has 2 heterocycles. The first-order valence-corrected chi connectivity index (χ1v) is 9.92. The van der Waals surface area contributed by atoms with Crippen molar-refractivity contribution in [1.29, 1.82) is 0 Å². The van der Waals surface area contributed by atoms with Gasteiger partial charge in [0.1, 0.15) is 11.5 Å². The molecular weight excluding hydrogens is 324 g/mol. The van der Waals surface area contributed by atoms with Crippen LogP contribution in [-0.2, 0) is 12.0 Å². The fraction of sp³-hybridized carbons (Fsp3) is 0.455. The van der Waals surface area contributed by atoms with Crippen LogP contribution >= 0.6 is 0 Å². The Morgan fingerprint density at radius 2 is 2.00 bits per heavy atom. The molecule has 2 aliphatic carbocycles. The molecule has 2 fully saturated rings.